The Kier molecular flexibility index (Phi) is 29.2. The summed E-state index contributed by atoms with van der Waals surface area (Å²) in [6.07, 6.45) is -0.927. The standard InChI is InChI=1S/C54H74N10O16S2/c1-29(2)21-41(54(79)80)61-48(73)38(23-32-12-16-34(67)17-13-32)58-46(71)36(11-7-8-20-55)57-52(77)43(27-81)64-49(74)39(24-33-14-18-35(68)19-15-33)59-50(75)40(25-45(69)70)60-51(76)42(26-65)62-53(78)44(28-82)63-47(72)37(56-30(3)66)22-31-9-5-4-6-10-31/h4-6,9-10,12-19,29,36-44,65,67-68,81-82H,7-8,11,20-28,55H2,1-3H3,(H,56,66)(H,57,77)(H,58,71)(H,59,75)(H,60,76)(H,61,73)(H,62,78)(H,63,72)(H,64,74)(H,69,70)(H,79,80)/t36-,37-,38-,39-,40-,41-,42-,43-,44-/m0/s1. The molecule has 0 aliphatic heterocycles. The summed E-state index contributed by atoms with van der Waals surface area (Å²) in [5.41, 5.74) is 7.19. The summed E-state index contributed by atoms with van der Waals surface area (Å²) in [6, 6.07) is 5.85. The van der Waals surface area contributed by atoms with E-state index in [0.29, 0.717) is 23.1 Å². The molecular formula is C54H74N10O16S2. The minimum absolute atomic E-state index is 0.0376. The first-order valence-electron chi connectivity index (χ1n) is 26.1. The van der Waals surface area contributed by atoms with Gasteiger partial charge in [0.05, 0.1) is 13.0 Å². The highest BCUT2D eigenvalue weighted by Gasteiger charge is 2.36. The number of aromatic hydroxyl groups is 2. The van der Waals surface area contributed by atoms with E-state index in [-0.39, 0.29) is 68.2 Å². The Balaban J connectivity index is 1.86. The molecule has 3 aromatic carbocycles. The number of nitrogens with one attached hydrogen (secondary N) is 9. The monoisotopic (exact) mass is 1180 g/mol. The van der Waals surface area contributed by atoms with Crippen molar-refractivity contribution in [2.75, 3.05) is 24.7 Å². The van der Waals surface area contributed by atoms with Gasteiger partial charge in [0.25, 0.3) is 0 Å². The lowest BCUT2D eigenvalue weighted by Gasteiger charge is -2.27. The molecule has 26 nitrogen and oxygen atoms in total. The number of aliphatic hydroxyl groups is 1. The van der Waals surface area contributed by atoms with Gasteiger partial charge in [-0.25, -0.2) is 4.79 Å². The van der Waals surface area contributed by atoms with Crippen LogP contribution in [0, 0.1) is 5.92 Å². The number of carbonyl (C=O) groups is 11. The van der Waals surface area contributed by atoms with Crippen molar-refractivity contribution < 1.29 is 78.3 Å². The second-order valence-electron chi connectivity index (χ2n) is 19.6. The molecule has 28 heteroatoms. The van der Waals surface area contributed by atoms with E-state index < -0.39 is 138 Å². The molecule has 9 atom stereocenters. The van der Waals surface area contributed by atoms with Crippen molar-refractivity contribution in [1.29, 1.82) is 0 Å². The topological polar surface area (TPSA) is 423 Å². The van der Waals surface area contributed by atoms with Crippen molar-refractivity contribution in [1.82, 2.24) is 47.9 Å². The molecular weight excluding hydrogens is 1110 g/mol. The second-order valence-corrected chi connectivity index (χ2v) is 20.3. The Hall–Kier alpha value is -7.95. The first-order chi connectivity index (χ1) is 38.9. The van der Waals surface area contributed by atoms with Crippen LogP contribution in [0.4, 0.5) is 0 Å². The maximum absolute atomic E-state index is 14.2. The first-order valence-corrected chi connectivity index (χ1v) is 27.4. The molecule has 0 radical (unpaired) electrons. The van der Waals surface area contributed by atoms with Crippen LogP contribution in [0.25, 0.3) is 0 Å². The van der Waals surface area contributed by atoms with Crippen molar-refractivity contribution >= 4 is 90.4 Å². The number of benzene rings is 3. The van der Waals surface area contributed by atoms with Crippen LogP contribution < -0.4 is 53.6 Å². The van der Waals surface area contributed by atoms with Crippen molar-refractivity contribution in [3.05, 3.63) is 95.6 Å². The van der Waals surface area contributed by atoms with Crippen molar-refractivity contribution in [2.24, 2.45) is 11.7 Å². The normalized spacial score (nSPS) is 14.3. The van der Waals surface area contributed by atoms with Gasteiger partial charge in [-0.3, -0.25) is 47.9 Å². The van der Waals surface area contributed by atoms with Gasteiger partial charge in [0.15, 0.2) is 0 Å². The number of aliphatic carboxylic acids is 2. The number of hydrogen-bond donors (Lipinski definition) is 17. The molecule has 0 unspecified atom stereocenters. The zero-order chi connectivity index (χ0) is 61.1. The lowest BCUT2D eigenvalue weighted by Crippen LogP contribution is -2.61. The van der Waals surface area contributed by atoms with Crippen molar-refractivity contribution in [3.8, 4) is 11.5 Å². The van der Waals surface area contributed by atoms with Crippen LogP contribution in [-0.4, -0.2) is 170 Å². The fraction of sp³-hybridized carbons (Fsp3) is 0.463. The zero-order valence-electron chi connectivity index (χ0n) is 45.5. The largest absolute Gasteiger partial charge is 0.508 e. The highest BCUT2D eigenvalue weighted by molar-refractivity contribution is 7.80. The fourth-order valence-corrected chi connectivity index (χ4v) is 8.57. The van der Waals surface area contributed by atoms with Gasteiger partial charge in [-0.05, 0) is 79.1 Å². The molecule has 0 fully saturated rings. The highest BCUT2D eigenvalue weighted by atomic mass is 32.1. The van der Waals surface area contributed by atoms with Crippen molar-refractivity contribution in [3.63, 3.8) is 0 Å². The number of carboxylic acids is 2. The Labute approximate surface area is 484 Å². The SMILES string of the molecule is CC(=O)N[C@@H](Cc1ccccc1)C(=O)N[C@@H](CS)C(=O)N[C@@H](CO)C(=O)N[C@@H](CC(=O)O)C(=O)N[C@@H](Cc1ccc(O)cc1)C(=O)N[C@@H](CS)C(=O)N[C@@H](CCCCN)C(=O)N[C@@H](Cc1ccc(O)cc1)C(=O)N[C@@H](CC(C)C)C(=O)O. The maximum Gasteiger partial charge on any atom is 0.326 e. The number of nitrogens with two attached hydrogens (primary N) is 1. The van der Waals surface area contributed by atoms with Gasteiger partial charge in [-0.2, -0.15) is 25.3 Å². The summed E-state index contributed by atoms with van der Waals surface area (Å²) >= 11 is 8.40. The van der Waals surface area contributed by atoms with Crippen LogP contribution in [-0.2, 0) is 72.0 Å². The molecule has 9 amide bonds. The average Bonchev–Trinajstić information content (AvgIpc) is 3.48. The summed E-state index contributed by atoms with van der Waals surface area (Å²) in [6.45, 7) is 3.81. The van der Waals surface area contributed by atoms with Crippen LogP contribution in [0.15, 0.2) is 78.9 Å². The first kappa shape index (κ1) is 68.3. The number of aliphatic hydroxyl groups excluding tert-OH is 1. The lowest BCUT2D eigenvalue weighted by atomic mass is 10.0. The Bertz CT molecular complexity index is 2650. The quantitative estimate of drug-likeness (QED) is 0.0226. The van der Waals surface area contributed by atoms with E-state index >= 15 is 0 Å². The number of rotatable bonds is 35. The summed E-state index contributed by atoms with van der Waals surface area (Å²) in [5, 5.41) is 71.5. The van der Waals surface area contributed by atoms with Gasteiger partial charge in [0.1, 0.15) is 65.9 Å². The molecule has 0 spiro atoms. The molecule has 0 heterocycles. The number of amides is 9. The summed E-state index contributed by atoms with van der Waals surface area (Å²) < 4.78 is 0. The van der Waals surface area contributed by atoms with Gasteiger partial charge in [0, 0.05) is 37.7 Å². The third-order valence-corrected chi connectivity index (χ3v) is 13.1. The van der Waals surface area contributed by atoms with Gasteiger partial charge >= 0.3 is 11.9 Å². The lowest BCUT2D eigenvalue weighted by molar-refractivity contribution is -0.143. The number of phenols is 2. The summed E-state index contributed by atoms with van der Waals surface area (Å²) in [5.74, 6) is -12.8. The van der Waals surface area contributed by atoms with E-state index in [1.54, 1.807) is 44.2 Å². The minimum atomic E-state index is -2.00. The van der Waals surface area contributed by atoms with Crippen LogP contribution in [0.2, 0.25) is 0 Å². The third kappa shape index (κ3) is 24.0. The molecule has 0 bridgehead atoms. The number of thiol groups is 2. The Morgan fingerprint density at radius 2 is 0.817 bits per heavy atom. The highest BCUT2D eigenvalue weighted by Crippen LogP contribution is 2.15. The molecule has 0 aliphatic rings. The molecule has 0 aliphatic carbocycles. The Morgan fingerprint density at radius 3 is 1.22 bits per heavy atom. The number of unbranched alkanes of at least 4 members (excludes halogenated alkanes) is 1. The third-order valence-electron chi connectivity index (χ3n) is 12.4. The van der Waals surface area contributed by atoms with E-state index in [2.05, 4.69) is 73.1 Å². The molecule has 0 saturated heterocycles. The molecule has 3 rings (SSSR count). The van der Waals surface area contributed by atoms with E-state index in [0.717, 1.165) is 0 Å². The van der Waals surface area contributed by atoms with Crippen LogP contribution in [0.5, 0.6) is 11.5 Å². The second kappa shape index (κ2) is 35.0. The Morgan fingerprint density at radius 1 is 0.463 bits per heavy atom. The van der Waals surface area contributed by atoms with Gasteiger partial charge in [-0.15, -0.1) is 0 Å². The molecule has 3 aromatic rings. The van der Waals surface area contributed by atoms with Crippen LogP contribution >= 0.6 is 25.3 Å². The van der Waals surface area contributed by atoms with Crippen molar-refractivity contribution in [2.45, 2.75) is 127 Å². The van der Waals surface area contributed by atoms with Gasteiger partial charge in [0.2, 0.25) is 53.2 Å². The van der Waals surface area contributed by atoms with Crippen LogP contribution in [0.3, 0.4) is 0 Å². The fourth-order valence-electron chi connectivity index (χ4n) is 8.06. The minimum Gasteiger partial charge on any atom is -0.508 e. The molecule has 82 heavy (non-hydrogen) atoms. The molecule has 0 saturated carbocycles. The zero-order valence-corrected chi connectivity index (χ0v) is 47.3. The predicted octanol–water partition coefficient (Wildman–Crippen LogP) is -1.90. The summed E-state index contributed by atoms with van der Waals surface area (Å²) in [4.78, 5) is 147. The maximum atomic E-state index is 14.2. The van der Waals surface area contributed by atoms with E-state index in [1.807, 2.05) is 0 Å². The number of hydrogen-bond acceptors (Lipinski definition) is 17. The average molecular weight is 1180 g/mol. The number of carboxylic acid groups (broad SMARTS) is 2. The predicted molar refractivity (Wildman–Crippen MR) is 304 cm³/mol. The van der Waals surface area contributed by atoms with Gasteiger partial charge < -0.3 is 79.1 Å². The summed E-state index contributed by atoms with van der Waals surface area (Å²) in [7, 11) is 0. The molecule has 448 valence electrons. The van der Waals surface area contributed by atoms with Gasteiger partial charge in [-0.1, -0.05) is 68.4 Å². The van der Waals surface area contributed by atoms with E-state index in [9.17, 15) is 78.3 Å². The number of phenolic OH excluding ortho intramolecular Hbond substituents is 2. The number of carbonyl (C=O) groups excluding carboxylic acids is 9. The van der Waals surface area contributed by atoms with E-state index in [4.69, 9.17) is 5.73 Å². The smallest absolute Gasteiger partial charge is 0.326 e. The van der Waals surface area contributed by atoms with E-state index in [1.165, 1.54) is 55.5 Å². The van der Waals surface area contributed by atoms with Crippen LogP contribution in [0.1, 0.15) is 69.6 Å². The molecule has 16 N–H and O–H groups in total. The molecule has 0 aromatic heterocycles.